The van der Waals surface area contributed by atoms with Crippen molar-refractivity contribution in [2.75, 3.05) is 6.61 Å². The molecule has 74 valence electrons. The van der Waals surface area contributed by atoms with Gasteiger partial charge in [-0.3, -0.25) is 0 Å². The third-order valence-electron chi connectivity index (χ3n) is 2.29. The summed E-state index contributed by atoms with van der Waals surface area (Å²) in [5, 5.41) is 17.6. The van der Waals surface area contributed by atoms with Crippen molar-refractivity contribution in [3.8, 4) is 0 Å². The average molecular weight is 194 g/mol. The molecule has 0 aromatic carbocycles. The maximum Gasteiger partial charge on any atom is 0.335 e. The van der Waals surface area contributed by atoms with Crippen molar-refractivity contribution in [1.82, 2.24) is 0 Å². The van der Waals surface area contributed by atoms with Crippen LogP contribution in [0.15, 0.2) is 35.6 Å². The molecule has 0 saturated carbocycles. The normalized spacial score (nSPS) is 28.9. The van der Waals surface area contributed by atoms with Gasteiger partial charge in [-0.2, -0.15) is 0 Å². The van der Waals surface area contributed by atoms with E-state index in [0.717, 1.165) is 0 Å². The molecule has 1 aliphatic heterocycles. The first kappa shape index (κ1) is 9.02. The van der Waals surface area contributed by atoms with Gasteiger partial charge in [-0.25, -0.2) is 4.79 Å². The number of carboxylic acids is 1. The molecule has 0 spiro atoms. The Balaban J connectivity index is 2.21. The van der Waals surface area contributed by atoms with Crippen LogP contribution in [-0.2, 0) is 9.53 Å². The summed E-state index contributed by atoms with van der Waals surface area (Å²) in [6.07, 6.45) is 6.46. The predicted octanol–water partition coefficient (Wildman–Crippen LogP) is 0.458. The molecule has 0 aromatic rings. The smallest absolute Gasteiger partial charge is 0.335 e. The van der Waals surface area contributed by atoms with Crippen molar-refractivity contribution in [3.05, 3.63) is 35.6 Å². The van der Waals surface area contributed by atoms with Gasteiger partial charge in [-0.1, -0.05) is 6.08 Å². The van der Waals surface area contributed by atoms with Crippen LogP contribution < -0.4 is 0 Å². The Kier molecular flexibility index (Phi) is 2.13. The monoisotopic (exact) mass is 194 g/mol. The lowest BCUT2D eigenvalue weighted by Gasteiger charge is -2.16. The van der Waals surface area contributed by atoms with E-state index in [4.69, 9.17) is 14.9 Å². The second kappa shape index (κ2) is 3.31. The molecule has 0 saturated heterocycles. The molecule has 0 bridgehead atoms. The number of carbonyl (C=O) groups is 1. The number of aliphatic hydroxyl groups excluding tert-OH is 1. The van der Waals surface area contributed by atoms with Gasteiger partial charge in [0, 0.05) is 5.92 Å². The number of aliphatic carboxylic acids is 1. The van der Waals surface area contributed by atoms with E-state index in [1.54, 1.807) is 18.2 Å². The number of ether oxygens (including phenoxy) is 1. The van der Waals surface area contributed by atoms with Gasteiger partial charge in [-0.15, -0.1) is 0 Å². The van der Waals surface area contributed by atoms with Gasteiger partial charge >= 0.3 is 5.97 Å². The van der Waals surface area contributed by atoms with Crippen LogP contribution in [-0.4, -0.2) is 28.9 Å². The van der Waals surface area contributed by atoms with Crippen molar-refractivity contribution in [2.24, 2.45) is 5.92 Å². The van der Waals surface area contributed by atoms with E-state index in [9.17, 15) is 4.79 Å². The number of fused-ring (bicyclic) bond motifs is 1. The molecule has 1 heterocycles. The highest BCUT2D eigenvalue weighted by molar-refractivity contribution is 5.90. The summed E-state index contributed by atoms with van der Waals surface area (Å²) >= 11 is 0. The minimum absolute atomic E-state index is 0.0618. The highest BCUT2D eigenvalue weighted by Gasteiger charge is 2.28. The maximum absolute atomic E-state index is 10.7. The zero-order valence-electron chi connectivity index (χ0n) is 7.38. The van der Waals surface area contributed by atoms with E-state index >= 15 is 0 Å². The summed E-state index contributed by atoms with van der Waals surface area (Å²) in [6.45, 7) is -0.142. The van der Waals surface area contributed by atoms with Crippen molar-refractivity contribution in [3.63, 3.8) is 0 Å². The third kappa shape index (κ3) is 1.44. The van der Waals surface area contributed by atoms with E-state index in [-0.39, 0.29) is 24.2 Å². The molecule has 2 atom stereocenters. The molecular weight excluding hydrogens is 184 g/mol. The molecule has 4 heteroatoms. The van der Waals surface area contributed by atoms with Crippen LogP contribution >= 0.6 is 0 Å². The Hall–Kier alpha value is -1.55. The standard InChI is InChI=1S/C10H10O4/c11-5-8-4-7-3-6(10(12)13)1-2-9(7)14-8/h1-4,7,9,11H,5H2,(H,12,13). The molecule has 2 rings (SSSR count). The van der Waals surface area contributed by atoms with Gasteiger partial charge in [0.1, 0.15) is 18.5 Å². The van der Waals surface area contributed by atoms with Crippen LogP contribution in [0.4, 0.5) is 0 Å². The topological polar surface area (TPSA) is 66.8 Å². The molecule has 0 aromatic heterocycles. The van der Waals surface area contributed by atoms with Gasteiger partial charge in [0.15, 0.2) is 0 Å². The molecule has 0 amide bonds. The number of aliphatic hydroxyl groups is 1. The quantitative estimate of drug-likeness (QED) is 0.670. The molecule has 14 heavy (non-hydrogen) atoms. The first-order valence-corrected chi connectivity index (χ1v) is 4.32. The fraction of sp³-hybridized carbons (Fsp3) is 0.300. The summed E-state index contributed by atoms with van der Waals surface area (Å²) in [5.41, 5.74) is 0.269. The zero-order chi connectivity index (χ0) is 10.1. The summed E-state index contributed by atoms with van der Waals surface area (Å²) in [6, 6.07) is 0. The van der Waals surface area contributed by atoms with Crippen LogP contribution in [0.2, 0.25) is 0 Å². The SMILES string of the molecule is O=C(O)C1=CC2C=C(CO)OC2C=C1. The molecule has 2 N–H and O–H groups in total. The maximum atomic E-state index is 10.7. The molecular formula is C10H10O4. The van der Waals surface area contributed by atoms with E-state index in [2.05, 4.69) is 0 Å². The fourth-order valence-corrected chi connectivity index (χ4v) is 1.61. The Labute approximate surface area is 80.8 Å². The van der Waals surface area contributed by atoms with E-state index in [1.807, 2.05) is 0 Å². The Morgan fingerprint density at radius 1 is 1.50 bits per heavy atom. The number of hydrogen-bond acceptors (Lipinski definition) is 3. The first-order chi connectivity index (χ1) is 6.70. The van der Waals surface area contributed by atoms with Crippen LogP contribution in [0.25, 0.3) is 0 Å². The van der Waals surface area contributed by atoms with Gasteiger partial charge in [0.25, 0.3) is 0 Å². The van der Waals surface area contributed by atoms with Gasteiger partial charge in [0.2, 0.25) is 0 Å². The van der Waals surface area contributed by atoms with Crippen LogP contribution in [0.1, 0.15) is 0 Å². The molecule has 0 fully saturated rings. The number of rotatable bonds is 2. The van der Waals surface area contributed by atoms with Crippen molar-refractivity contribution in [2.45, 2.75) is 6.10 Å². The van der Waals surface area contributed by atoms with Crippen molar-refractivity contribution in [1.29, 1.82) is 0 Å². The Bertz CT molecular complexity index is 351. The molecule has 0 radical (unpaired) electrons. The second-order valence-corrected chi connectivity index (χ2v) is 3.24. The lowest BCUT2D eigenvalue weighted by Crippen LogP contribution is -2.17. The van der Waals surface area contributed by atoms with Gasteiger partial charge in [0.05, 0.1) is 5.57 Å². The summed E-state index contributed by atoms with van der Waals surface area (Å²) in [5.74, 6) is -0.494. The van der Waals surface area contributed by atoms with Crippen LogP contribution in [0.5, 0.6) is 0 Å². The summed E-state index contributed by atoms with van der Waals surface area (Å²) in [4.78, 5) is 10.7. The van der Waals surface area contributed by atoms with Gasteiger partial charge < -0.3 is 14.9 Å². The second-order valence-electron chi connectivity index (χ2n) is 3.24. The highest BCUT2D eigenvalue weighted by atomic mass is 16.5. The Morgan fingerprint density at radius 3 is 2.93 bits per heavy atom. The summed E-state index contributed by atoms with van der Waals surface area (Å²) < 4.78 is 5.33. The van der Waals surface area contributed by atoms with Crippen LogP contribution in [0, 0.1) is 5.92 Å². The predicted molar refractivity (Wildman–Crippen MR) is 48.4 cm³/mol. The lowest BCUT2D eigenvalue weighted by atomic mass is 9.94. The highest BCUT2D eigenvalue weighted by Crippen LogP contribution is 2.29. The van der Waals surface area contributed by atoms with E-state index in [1.165, 1.54) is 6.08 Å². The summed E-state index contributed by atoms with van der Waals surface area (Å²) in [7, 11) is 0. The van der Waals surface area contributed by atoms with Crippen molar-refractivity contribution < 1.29 is 19.7 Å². The minimum atomic E-state index is -0.939. The van der Waals surface area contributed by atoms with Gasteiger partial charge in [-0.05, 0) is 18.2 Å². The molecule has 1 aliphatic carbocycles. The lowest BCUT2D eigenvalue weighted by molar-refractivity contribution is -0.132. The van der Waals surface area contributed by atoms with Crippen molar-refractivity contribution >= 4 is 5.97 Å². The first-order valence-electron chi connectivity index (χ1n) is 4.32. The molecule has 2 aliphatic rings. The fourth-order valence-electron chi connectivity index (χ4n) is 1.61. The Morgan fingerprint density at radius 2 is 2.29 bits per heavy atom. The number of hydrogen-bond donors (Lipinski definition) is 2. The van der Waals surface area contributed by atoms with E-state index in [0.29, 0.717) is 5.76 Å². The molecule has 2 unspecified atom stereocenters. The van der Waals surface area contributed by atoms with E-state index < -0.39 is 5.97 Å². The zero-order valence-corrected chi connectivity index (χ0v) is 7.38. The third-order valence-corrected chi connectivity index (χ3v) is 2.29. The number of carboxylic acid groups (broad SMARTS) is 1. The average Bonchev–Trinajstić information content (AvgIpc) is 2.58. The van der Waals surface area contributed by atoms with Crippen LogP contribution in [0.3, 0.4) is 0 Å². The molecule has 4 nitrogen and oxygen atoms in total. The largest absolute Gasteiger partial charge is 0.488 e. The minimum Gasteiger partial charge on any atom is -0.488 e.